The smallest absolute Gasteiger partial charge is 0.0484 e. The minimum Gasteiger partial charge on any atom is -0.143 e. The molecule has 12 aromatic rings. The van der Waals surface area contributed by atoms with Crippen LogP contribution in [0.4, 0.5) is 0 Å². The number of hydrogen-bond acceptors (Lipinski definition) is 12. The van der Waals surface area contributed by atoms with Gasteiger partial charge in [-0.05, 0) is 306 Å². The van der Waals surface area contributed by atoms with Gasteiger partial charge in [0.1, 0.15) is 0 Å². The number of thiophene rings is 12. The summed E-state index contributed by atoms with van der Waals surface area (Å²) in [5.41, 5.74) is 19.3. The third kappa shape index (κ3) is 31.7. The quantitative estimate of drug-likeness (QED) is 0.0333. The highest BCUT2D eigenvalue weighted by Gasteiger charge is 2.30. The van der Waals surface area contributed by atoms with E-state index >= 15 is 0 Å². The molecule has 12 heterocycles. The molecule has 0 aliphatic rings. The molecule has 0 N–H and O–H groups in total. The van der Waals surface area contributed by atoms with E-state index in [0.29, 0.717) is 0 Å². The highest BCUT2D eigenvalue weighted by molar-refractivity contribution is 7.33. The molecule has 0 saturated heterocycles. The van der Waals surface area contributed by atoms with Crippen molar-refractivity contribution in [2.75, 3.05) is 0 Å². The Morgan fingerprint density at radius 1 is 0.143 bits per heavy atom. The van der Waals surface area contributed by atoms with Gasteiger partial charge in [-0.15, -0.1) is 136 Å². The van der Waals surface area contributed by atoms with Crippen LogP contribution >= 0.6 is 136 Å². The lowest BCUT2D eigenvalue weighted by molar-refractivity contribution is 0.666. The monoisotopic (exact) mass is 2010 g/mol. The Morgan fingerprint density at radius 2 is 0.278 bits per heavy atom. The fraction of sp³-hybridized carbons (Fsp3) is 0.603. The van der Waals surface area contributed by atoms with E-state index in [1.54, 1.807) is 125 Å². The van der Waals surface area contributed by atoms with Crippen LogP contribution in [-0.2, 0) is 77.0 Å². The molecule has 0 nitrogen and oxygen atoms in total. The summed E-state index contributed by atoms with van der Waals surface area (Å²) in [5.74, 6) is 0. The minimum absolute atomic E-state index is 1.15. The summed E-state index contributed by atoms with van der Waals surface area (Å²) >= 11 is 25.8. The molecular formula is C121H172S12. The average Bonchev–Trinajstić information content (AvgIpc) is 1.61. The molecule has 0 amide bonds. The Balaban J connectivity index is 0.960. The molecule has 0 aliphatic carbocycles. The number of hydrogen-bond donors (Lipinski definition) is 0. The molecule has 0 spiro atoms. The van der Waals surface area contributed by atoms with Crippen molar-refractivity contribution in [2.24, 2.45) is 0 Å². The largest absolute Gasteiger partial charge is 0.143 e. The van der Waals surface area contributed by atoms with Gasteiger partial charge in [-0.25, -0.2) is 0 Å². The topological polar surface area (TPSA) is 0 Å². The summed E-state index contributed by atoms with van der Waals surface area (Å²) in [6.45, 7) is 30.9. The SMILES string of the molecule is CCCCCCc1ccsc1-c1sc(-c2cc(CCCCCC)c(-c3sc(-c4cc(CCCCCC)c(-c5sc(-c6cc(CCCCCC)c(-c7sc(-c8cc(CCCCCC)c(-c9sc(-c%10cc(CCCCCC)c(-c%11sc(C)cc%11CCCCCC)s%10)cc9CCCCCC)s8)cc7CCCCCC)s6)cc5CCCCCC)s4)cc3CCCCCC)s2)cc1CCCCCC. The van der Waals surface area contributed by atoms with Gasteiger partial charge >= 0.3 is 0 Å². The molecule has 12 heteroatoms. The van der Waals surface area contributed by atoms with Gasteiger partial charge in [0, 0.05) is 112 Å². The fourth-order valence-corrected chi connectivity index (χ4v) is 35.6. The van der Waals surface area contributed by atoms with Crippen LogP contribution in [0.15, 0.2) is 78.2 Å². The van der Waals surface area contributed by atoms with E-state index in [9.17, 15) is 0 Å². The van der Waals surface area contributed by atoms with Gasteiger partial charge in [-0.1, -0.05) is 314 Å². The molecule has 133 heavy (non-hydrogen) atoms. The Kier molecular flexibility index (Phi) is 48.8. The van der Waals surface area contributed by atoms with Crippen LogP contribution < -0.4 is 0 Å². The molecular weight excluding hydrogens is 1840 g/mol. The lowest BCUT2D eigenvalue weighted by atomic mass is 10.0. The number of unbranched alkanes of at least 4 members (excludes halogenated alkanes) is 36. The highest BCUT2D eigenvalue weighted by atomic mass is 32.1. The van der Waals surface area contributed by atoms with Crippen molar-refractivity contribution in [3.8, 4) is 107 Å². The average molecular weight is 2010 g/mol. The summed E-state index contributed by atoms with van der Waals surface area (Å²) in [7, 11) is 0. The van der Waals surface area contributed by atoms with Gasteiger partial charge in [0.15, 0.2) is 0 Å². The zero-order valence-corrected chi connectivity index (χ0v) is 95.1. The van der Waals surface area contributed by atoms with Crippen LogP contribution in [0.5, 0.6) is 0 Å². The molecule has 0 aliphatic heterocycles. The number of rotatable bonds is 71. The highest BCUT2D eigenvalue weighted by Crippen LogP contribution is 2.57. The third-order valence-corrected chi connectivity index (χ3v) is 43.6. The molecule has 0 atom stereocenters. The maximum atomic E-state index is 2.76. The predicted octanol–water partition coefficient (Wildman–Crippen LogP) is 46.5. The van der Waals surface area contributed by atoms with Crippen molar-refractivity contribution in [1.82, 2.24) is 0 Å². The lowest BCUT2D eigenvalue weighted by Gasteiger charge is -2.06. The fourth-order valence-electron chi connectivity index (χ4n) is 19.9. The standard InChI is InChI=1S/C121H172S12/c1-14-26-38-50-62-88-74-75-122-110(88)111-90(64-52-40-28-16-3)77-100(124-111)101-79-92(66-54-42-30-18-5)114(126-101)115-94(68-56-44-32-20-7)81-104(128-115)105-83-96(70-58-46-34-22-9)118(130-105)119-98(72-60-48-36-24-11)85-108(132-119)109-86-99(73-61-49-37-25-12)121(133-109)120-97(71-59-47-35-23-10)84-107(131-120)106-82-95(69-57-45-33-21-8)117(129-106)116-93(67-55-43-31-19-6)80-103(127-116)102-78-91(65-53-41-29-17-4)113(125-102)112-89(76-87(13)123-112)63-51-39-27-15-2/h74-86H,14-73H2,1-13H3. The van der Waals surface area contributed by atoms with Crippen molar-refractivity contribution in [3.63, 3.8) is 0 Å². The summed E-state index contributed by atoms with van der Waals surface area (Å²) in [5, 5.41) is 2.40. The molecule has 0 aromatic carbocycles. The van der Waals surface area contributed by atoms with Gasteiger partial charge in [0.25, 0.3) is 0 Å². The van der Waals surface area contributed by atoms with Crippen LogP contribution in [0.2, 0.25) is 0 Å². The molecule has 12 aromatic heterocycles. The zero-order chi connectivity index (χ0) is 93.3. The maximum Gasteiger partial charge on any atom is 0.0484 e. The van der Waals surface area contributed by atoms with Crippen molar-refractivity contribution in [2.45, 2.75) is 475 Å². The Labute approximate surface area is 859 Å². The molecule has 728 valence electrons. The van der Waals surface area contributed by atoms with Crippen molar-refractivity contribution < 1.29 is 0 Å². The van der Waals surface area contributed by atoms with Crippen molar-refractivity contribution in [3.05, 3.63) is 150 Å². The van der Waals surface area contributed by atoms with Crippen LogP contribution in [0.1, 0.15) is 463 Å². The summed E-state index contributed by atoms with van der Waals surface area (Å²) in [4.78, 5) is 35.5. The lowest BCUT2D eigenvalue weighted by Crippen LogP contribution is -1.89. The Morgan fingerprint density at radius 3 is 0.436 bits per heavy atom. The predicted molar refractivity (Wildman–Crippen MR) is 620 cm³/mol. The summed E-state index contributed by atoms with van der Waals surface area (Å²) < 4.78 is 0. The van der Waals surface area contributed by atoms with E-state index in [0.717, 1.165) is 44.9 Å². The van der Waals surface area contributed by atoms with Crippen molar-refractivity contribution in [1.29, 1.82) is 0 Å². The van der Waals surface area contributed by atoms with E-state index < -0.39 is 0 Å². The second-order valence-corrected chi connectivity index (χ2v) is 52.1. The number of aryl methyl sites for hydroxylation is 13. The van der Waals surface area contributed by atoms with E-state index in [2.05, 4.69) is 293 Å². The van der Waals surface area contributed by atoms with Gasteiger partial charge in [-0.2, -0.15) is 0 Å². The van der Waals surface area contributed by atoms with Gasteiger partial charge in [-0.3, -0.25) is 0 Å². The molecule has 0 fully saturated rings. The molecule has 0 saturated carbocycles. The van der Waals surface area contributed by atoms with Crippen LogP contribution in [0, 0.1) is 6.92 Å². The van der Waals surface area contributed by atoms with E-state index in [1.165, 1.54) is 394 Å². The third-order valence-electron chi connectivity index (χ3n) is 27.8. The van der Waals surface area contributed by atoms with Crippen LogP contribution in [-0.4, -0.2) is 0 Å². The Hall–Kier alpha value is -3.60. The van der Waals surface area contributed by atoms with Gasteiger partial charge in [0.05, 0.1) is 0 Å². The summed E-state index contributed by atoms with van der Waals surface area (Å²) in [6.07, 6.45) is 76.1. The van der Waals surface area contributed by atoms with Gasteiger partial charge in [0.2, 0.25) is 0 Å². The van der Waals surface area contributed by atoms with Crippen LogP contribution in [0.25, 0.3) is 107 Å². The molecule has 0 unspecified atom stereocenters. The first-order chi connectivity index (χ1) is 65.4. The normalized spacial score (nSPS) is 11.9. The Bertz CT molecular complexity index is 5220. The molecule has 0 radical (unpaired) electrons. The zero-order valence-electron chi connectivity index (χ0n) is 85.3. The van der Waals surface area contributed by atoms with E-state index in [4.69, 9.17) is 0 Å². The van der Waals surface area contributed by atoms with Crippen LogP contribution in [0.3, 0.4) is 0 Å². The minimum atomic E-state index is 1.15. The van der Waals surface area contributed by atoms with E-state index in [-0.39, 0.29) is 0 Å². The first-order valence-electron chi connectivity index (χ1n) is 54.9. The maximum absolute atomic E-state index is 2.76. The van der Waals surface area contributed by atoms with Gasteiger partial charge < -0.3 is 0 Å². The second-order valence-electron chi connectivity index (χ2n) is 39.4. The molecule has 0 bridgehead atoms. The first kappa shape index (κ1) is 108. The first-order valence-corrected chi connectivity index (χ1v) is 64.7. The van der Waals surface area contributed by atoms with Crippen molar-refractivity contribution >= 4 is 136 Å². The molecule has 12 rings (SSSR count). The second kappa shape index (κ2) is 60.0. The van der Waals surface area contributed by atoms with E-state index in [1.807, 2.05) is 11.3 Å². The summed E-state index contributed by atoms with van der Waals surface area (Å²) in [6, 6.07) is 32.3.